The molecule has 18 heavy (non-hydrogen) atoms. The van der Waals surface area contributed by atoms with E-state index >= 15 is 0 Å². The Kier molecular flexibility index (Phi) is 5.39. The lowest BCUT2D eigenvalue weighted by Crippen LogP contribution is -2.37. The number of alkyl halides is 2. The molecule has 6 nitrogen and oxygen atoms in total. The first-order valence-electron chi connectivity index (χ1n) is 4.52. The maximum absolute atomic E-state index is 11.1. The highest BCUT2D eigenvalue weighted by Crippen LogP contribution is 2.14. The van der Waals surface area contributed by atoms with Crippen molar-refractivity contribution in [2.45, 2.75) is 4.84 Å². The van der Waals surface area contributed by atoms with Crippen molar-refractivity contribution in [1.82, 2.24) is 5.32 Å². The SMILES string of the molecule is COC(=O)c1ccc(NC(=S)NC(=O)C(Cl)Cl)o1. The van der Waals surface area contributed by atoms with Crippen LogP contribution in [0.25, 0.3) is 0 Å². The highest BCUT2D eigenvalue weighted by molar-refractivity contribution is 7.80. The molecule has 0 aliphatic rings. The number of carbonyl (C=O) groups excluding carboxylic acids is 2. The molecule has 1 aromatic heterocycles. The second kappa shape index (κ2) is 6.58. The summed E-state index contributed by atoms with van der Waals surface area (Å²) in [7, 11) is 1.23. The van der Waals surface area contributed by atoms with Crippen molar-refractivity contribution in [2.75, 3.05) is 12.4 Å². The molecule has 0 aliphatic heterocycles. The number of furan rings is 1. The number of anilines is 1. The van der Waals surface area contributed by atoms with E-state index in [4.69, 9.17) is 39.8 Å². The van der Waals surface area contributed by atoms with Crippen molar-refractivity contribution >= 4 is 58.3 Å². The van der Waals surface area contributed by atoms with Crippen LogP contribution in [-0.4, -0.2) is 28.9 Å². The van der Waals surface area contributed by atoms with Crippen LogP contribution in [-0.2, 0) is 9.53 Å². The number of thiocarbonyl (C=S) groups is 1. The molecule has 1 aromatic rings. The third-order valence-electron chi connectivity index (χ3n) is 1.66. The highest BCUT2D eigenvalue weighted by Gasteiger charge is 2.15. The number of ether oxygens (including phenoxy) is 1. The van der Waals surface area contributed by atoms with Crippen molar-refractivity contribution in [1.29, 1.82) is 0 Å². The van der Waals surface area contributed by atoms with E-state index in [1.807, 2.05) is 0 Å². The summed E-state index contributed by atoms with van der Waals surface area (Å²) in [5.74, 6) is -1.13. The number of amides is 1. The molecule has 0 spiro atoms. The lowest BCUT2D eigenvalue weighted by molar-refractivity contribution is -0.118. The summed E-state index contributed by atoms with van der Waals surface area (Å²) in [5, 5.41) is 4.70. The minimum Gasteiger partial charge on any atom is -0.463 e. The van der Waals surface area contributed by atoms with Crippen LogP contribution in [0.2, 0.25) is 0 Å². The summed E-state index contributed by atoms with van der Waals surface area (Å²) in [6, 6.07) is 2.84. The summed E-state index contributed by atoms with van der Waals surface area (Å²) in [6.45, 7) is 0. The van der Waals surface area contributed by atoms with Gasteiger partial charge in [-0.25, -0.2) is 4.79 Å². The number of hydrogen-bond donors (Lipinski definition) is 2. The summed E-state index contributed by atoms with van der Waals surface area (Å²) in [6.07, 6.45) is 0. The average molecular weight is 311 g/mol. The van der Waals surface area contributed by atoms with Crippen LogP contribution in [0.4, 0.5) is 5.88 Å². The molecule has 0 saturated heterocycles. The van der Waals surface area contributed by atoms with Crippen LogP contribution in [0.3, 0.4) is 0 Å². The molecule has 0 unspecified atom stereocenters. The summed E-state index contributed by atoms with van der Waals surface area (Å²) in [5.41, 5.74) is 0. The number of methoxy groups -OCH3 is 1. The van der Waals surface area contributed by atoms with Crippen molar-refractivity contribution in [3.05, 3.63) is 17.9 Å². The monoisotopic (exact) mass is 310 g/mol. The molecule has 0 atom stereocenters. The van der Waals surface area contributed by atoms with E-state index in [0.29, 0.717) is 0 Å². The van der Waals surface area contributed by atoms with E-state index in [-0.39, 0.29) is 16.8 Å². The van der Waals surface area contributed by atoms with E-state index in [1.165, 1.54) is 19.2 Å². The topological polar surface area (TPSA) is 80.6 Å². The van der Waals surface area contributed by atoms with E-state index in [0.717, 1.165) is 0 Å². The quantitative estimate of drug-likeness (QED) is 0.502. The number of hydrogen-bond acceptors (Lipinski definition) is 5. The Labute approximate surface area is 118 Å². The molecule has 9 heteroatoms. The van der Waals surface area contributed by atoms with Crippen LogP contribution < -0.4 is 10.6 Å². The third-order valence-corrected chi connectivity index (χ3v) is 2.26. The lowest BCUT2D eigenvalue weighted by Gasteiger charge is -2.07. The smallest absolute Gasteiger partial charge is 0.374 e. The first-order chi connectivity index (χ1) is 8.43. The van der Waals surface area contributed by atoms with Gasteiger partial charge in [0.05, 0.1) is 7.11 Å². The Bertz CT molecular complexity index is 475. The predicted molar refractivity (Wildman–Crippen MR) is 69.9 cm³/mol. The molecule has 0 radical (unpaired) electrons. The zero-order chi connectivity index (χ0) is 13.7. The van der Waals surface area contributed by atoms with Crippen molar-refractivity contribution in [3.63, 3.8) is 0 Å². The Hall–Kier alpha value is -1.31. The van der Waals surface area contributed by atoms with Gasteiger partial charge in [-0.05, 0) is 18.3 Å². The van der Waals surface area contributed by atoms with Gasteiger partial charge in [0.25, 0.3) is 5.91 Å². The van der Waals surface area contributed by atoms with Gasteiger partial charge >= 0.3 is 5.97 Å². The predicted octanol–water partition coefficient (Wildman–Crippen LogP) is 1.68. The first-order valence-corrected chi connectivity index (χ1v) is 5.80. The van der Waals surface area contributed by atoms with Crippen LogP contribution in [0, 0.1) is 0 Å². The molecule has 1 rings (SSSR count). The van der Waals surface area contributed by atoms with E-state index in [1.54, 1.807) is 0 Å². The van der Waals surface area contributed by atoms with Crippen LogP contribution in [0.1, 0.15) is 10.6 Å². The molecular formula is C9H8Cl2N2O4S. The largest absolute Gasteiger partial charge is 0.463 e. The first kappa shape index (κ1) is 14.7. The number of rotatable bonds is 3. The second-order valence-corrected chi connectivity index (χ2v) is 4.40. The molecule has 1 amide bonds. The van der Waals surface area contributed by atoms with Gasteiger partial charge in [-0.15, -0.1) is 0 Å². The Morgan fingerprint density at radius 3 is 2.67 bits per heavy atom. The normalized spacial score (nSPS) is 10.0. The molecule has 1 heterocycles. The number of carbonyl (C=O) groups is 2. The lowest BCUT2D eigenvalue weighted by atomic mass is 10.4. The summed E-state index contributed by atoms with van der Waals surface area (Å²) < 4.78 is 9.51. The van der Waals surface area contributed by atoms with Gasteiger partial charge in [0.2, 0.25) is 5.76 Å². The number of esters is 1. The fourth-order valence-electron chi connectivity index (χ4n) is 0.925. The van der Waals surface area contributed by atoms with Crippen molar-refractivity contribution in [2.24, 2.45) is 0 Å². The molecular weight excluding hydrogens is 303 g/mol. The minimum absolute atomic E-state index is 0.00156. The minimum atomic E-state index is -1.23. The molecule has 0 bridgehead atoms. The van der Waals surface area contributed by atoms with Gasteiger partial charge in [-0.3, -0.25) is 4.79 Å². The second-order valence-electron chi connectivity index (χ2n) is 2.90. The zero-order valence-electron chi connectivity index (χ0n) is 9.03. The molecule has 0 fully saturated rings. The Balaban J connectivity index is 2.57. The van der Waals surface area contributed by atoms with Gasteiger partial charge < -0.3 is 19.8 Å². The van der Waals surface area contributed by atoms with Gasteiger partial charge in [0, 0.05) is 6.07 Å². The molecule has 0 aliphatic carbocycles. The summed E-state index contributed by atoms with van der Waals surface area (Å²) in [4.78, 5) is 21.0. The fraction of sp³-hybridized carbons (Fsp3) is 0.222. The standard InChI is InChI=1S/C9H8Cl2N2O4S/c1-16-8(15)4-2-3-5(17-4)12-9(18)13-7(14)6(10)11/h2-3,6H,1H3,(H2,12,13,14,18). The summed E-state index contributed by atoms with van der Waals surface area (Å²) >= 11 is 15.4. The van der Waals surface area contributed by atoms with E-state index in [2.05, 4.69) is 15.4 Å². The number of nitrogens with one attached hydrogen (secondary N) is 2. The Morgan fingerprint density at radius 2 is 2.11 bits per heavy atom. The maximum Gasteiger partial charge on any atom is 0.374 e. The van der Waals surface area contributed by atoms with E-state index < -0.39 is 16.7 Å². The maximum atomic E-state index is 11.1. The van der Waals surface area contributed by atoms with Crippen molar-refractivity contribution < 1.29 is 18.7 Å². The van der Waals surface area contributed by atoms with Gasteiger partial charge in [-0.2, -0.15) is 0 Å². The molecule has 98 valence electrons. The van der Waals surface area contributed by atoms with Crippen LogP contribution in [0.5, 0.6) is 0 Å². The third kappa shape index (κ3) is 4.17. The highest BCUT2D eigenvalue weighted by atomic mass is 35.5. The molecule has 0 saturated carbocycles. The van der Waals surface area contributed by atoms with Gasteiger partial charge in [0.1, 0.15) is 0 Å². The Morgan fingerprint density at radius 1 is 1.44 bits per heavy atom. The number of halogens is 2. The zero-order valence-corrected chi connectivity index (χ0v) is 11.4. The van der Waals surface area contributed by atoms with Gasteiger partial charge in [-0.1, -0.05) is 23.2 Å². The van der Waals surface area contributed by atoms with Crippen LogP contribution >= 0.6 is 35.4 Å². The van der Waals surface area contributed by atoms with Gasteiger partial charge in [0.15, 0.2) is 15.8 Å². The molecule has 2 N–H and O–H groups in total. The van der Waals surface area contributed by atoms with Crippen LogP contribution in [0.15, 0.2) is 16.5 Å². The average Bonchev–Trinajstić information content (AvgIpc) is 2.76. The fourth-order valence-corrected chi connectivity index (χ4v) is 1.24. The van der Waals surface area contributed by atoms with Crippen molar-refractivity contribution in [3.8, 4) is 0 Å². The van der Waals surface area contributed by atoms with E-state index in [9.17, 15) is 9.59 Å². The molecule has 0 aromatic carbocycles.